The fraction of sp³-hybridized carbons (Fsp3) is 0.333. The zero-order valence-electron chi connectivity index (χ0n) is 18.7. The lowest BCUT2D eigenvalue weighted by Gasteiger charge is -2.14. The molecule has 162 valence electrons. The maximum Gasteiger partial charge on any atom is 0.247 e. The quantitative estimate of drug-likeness (QED) is 0.368. The Hall–Kier alpha value is -3.06. The number of hydrogen-bond acceptors (Lipinski definition) is 5. The number of hydrogen-bond donors (Lipinski definition) is 2. The van der Waals surface area contributed by atoms with Gasteiger partial charge in [-0.2, -0.15) is 0 Å². The van der Waals surface area contributed by atoms with E-state index >= 15 is 0 Å². The van der Waals surface area contributed by atoms with Crippen LogP contribution in [0.4, 0.5) is 5.69 Å². The number of anilines is 1. The highest BCUT2D eigenvalue weighted by Crippen LogP contribution is 2.34. The minimum absolute atomic E-state index is 0.258. The zero-order valence-corrected chi connectivity index (χ0v) is 19.6. The number of amides is 1. The van der Waals surface area contributed by atoms with Gasteiger partial charge in [0.1, 0.15) is 16.6 Å². The Labute approximate surface area is 187 Å². The molecule has 1 aromatic carbocycles. The molecule has 7 heteroatoms. The van der Waals surface area contributed by atoms with E-state index in [9.17, 15) is 4.79 Å². The van der Waals surface area contributed by atoms with Crippen molar-refractivity contribution >= 4 is 28.6 Å². The number of carbonyl (C=O) groups excluding carboxylic acids is 1. The summed E-state index contributed by atoms with van der Waals surface area (Å²) < 4.78 is 2.11. The minimum atomic E-state index is -0.258. The SMILES string of the molecule is C=CC(=O)Nc1ccc(C(=N)c2c(-n3c(C)nnc3CC(C)CC)sc(C)c2C)cc1. The van der Waals surface area contributed by atoms with Crippen molar-refractivity contribution in [1.82, 2.24) is 14.8 Å². The second kappa shape index (κ2) is 9.39. The summed E-state index contributed by atoms with van der Waals surface area (Å²) in [5.74, 6) is 2.01. The van der Waals surface area contributed by atoms with E-state index < -0.39 is 0 Å². The van der Waals surface area contributed by atoms with Crippen LogP contribution in [0.2, 0.25) is 0 Å². The third-order valence-corrected chi connectivity index (χ3v) is 6.76. The molecule has 0 saturated heterocycles. The van der Waals surface area contributed by atoms with Crippen LogP contribution >= 0.6 is 11.3 Å². The first-order valence-electron chi connectivity index (χ1n) is 10.4. The number of benzene rings is 1. The summed E-state index contributed by atoms with van der Waals surface area (Å²) in [6.45, 7) is 14.0. The highest BCUT2D eigenvalue weighted by atomic mass is 32.1. The van der Waals surface area contributed by atoms with Gasteiger partial charge in [-0.25, -0.2) is 0 Å². The van der Waals surface area contributed by atoms with Crippen LogP contribution in [0.3, 0.4) is 0 Å². The molecule has 0 fully saturated rings. The van der Waals surface area contributed by atoms with Gasteiger partial charge in [0.25, 0.3) is 0 Å². The molecule has 0 saturated carbocycles. The fourth-order valence-corrected chi connectivity index (χ4v) is 4.61. The van der Waals surface area contributed by atoms with Crippen LogP contribution in [0.25, 0.3) is 5.00 Å². The molecule has 2 aromatic heterocycles. The van der Waals surface area contributed by atoms with E-state index in [0.717, 1.165) is 46.2 Å². The maximum atomic E-state index is 11.5. The third kappa shape index (κ3) is 4.66. The number of thiophene rings is 1. The van der Waals surface area contributed by atoms with E-state index in [2.05, 4.69) is 54.4 Å². The lowest BCUT2D eigenvalue weighted by molar-refractivity contribution is -0.111. The molecule has 1 amide bonds. The molecule has 1 atom stereocenters. The molecule has 0 aliphatic heterocycles. The zero-order chi connectivity index (χ0) is 22.7. The van der Waals surface area contributed by atoms with Crippen LogP contribution in [0.15, 0.2) is 36.9 Å². The Balaban J connectivity index is 2.03. The Morgan fingerprint density at radius 3 is 2.55 bits per heavy atom. The Kier molecular flexibility index (Phi) is 6.85. The first-order chi connectivity index (χ1) is 14.8. The molecular formula is C24H29N5OS. The van der Waals surface area contributed by atoms with Crippen molar-refractivity contribution in [2.24, 2.45) is 5.92 Å². The number of nitrogens with zero attached hydrogens (tertiary/aromatic N) is 3. The van der Waals surface area contributed by atoms with Crippen LogP contribution in [-0.2, 0) is 11.2 Å². The Bertz CT molecular complexity index is 1120. The maximum absolute atomic E-state index is 11.5. The summed E-state index contributed by atoms with van der Waals surface area (Å²) >= 11 is 1.67. The fourth-order valence-electron chi connectivity index (χ4n) is 3.38. The average molecular weight is 436 g/mol. The standard InChI is InChI=1S/C24H29N5OS/c1-7-14(3)13-20-28-27-17(6)29(20)24-22(15(4)16(5)31-24)23(25)18-9-11-19(12-10-18)26-21(30)8-2/h8-12,14,25H,2,7,13H2,1,3-6H3,(H,26,30). The lowest BCUT2D eigenvalue weighted by Crippen LogP contribution is -2.12. The van der Waals surface area contributed by atoms with Gasteiger partial charge < -0.3 is 5.32 Å². The molecule has 2 N–H and O–H groups in total. The van der Waals surface area contributed by atoms with Crippen LogP contribution in [-0.4, -0.2) is 26.4 Å². The lowest BCUT2D eigenvalue weighted by atomic mass is 9.99. The minimum Gasteiger partial charge on any atom is -0.323 e. The van der Waals surface area contributed by atoms with Gasteiger partial charge in [-0.05, 0) is 50.5 Å². The van der Waals surface area contributed by atoms with E-state index in [1.165, 1.54) is 11.0 Å². The van der Waals surface area contributed by atoms with E-state index in [1.54, 1.807) is 23.5 Å². The molecule has 0 aliphatic carbocycles. The van der Waals surface area contributed by atoms with Crippen LogP contribution in [0, 0.1) is 32.1 Å². The number of carbonyl (C=O) groups is 1. The van der Waals surface area contributed by atoms with Gasteiger partial charge in [0.2, 0.25) is 5.91 Å². The van der Waals surface area contributed by atoms with Crippen molar-refractivity contribution in [2.75, 3.05) is 5.32 Å². The molecule has 1 unspecified atom stereocenters. The summed E-state index contributed by atoms with van der Waals surface area (Å²) in [6.07, 6.45) is 3.15. The largest absolute Gasteiger partial charge is 0.323 e. The molecule has 0 radical (unpaired) electrons. The van der Waals surface area contributed by atoms with Gasteiger partial charge in [-0.1, -0.05) is 39.0 Å². The van der Waals surface area contributed by atoms with Crippen molar-refractivity contribution in [3.8, 4) is 5.00 Å². The first kappa shape index (κ1) is 22.6. The average Bonchev–Trinajstić information content (AvgIpc) is 3.26. The molecule has 0 spiro atoms. The van der Waals surface area contributed by atoms with Crippen molar-refractivity contribution in [3.05, 3.63) is 70.1 Å². The van der Waals surface area contributed by atoms with Crippen LogP contribution < -0.4 is 5.32 Å². The predicted molar refractivity (Wildman–Crippen MR) is 128 cm³/mol. The third-order valence-electron chi connectivity index (χ3n) is 5.57. The molecule has 31 heavy (non-hydrogen) atoms. The van der Waals surface area contributed by atoms with Gasteiger partial charge in [-0.3, -0.25) is 14.8 Å². The molecule has 0 bridgehead atoms. The first-order valence-corrected chi connectivity index (χ1v) is 11.2. The second-order valence-corrected chi connectivity index (χ2v) is 9.03. The number of nitrogens with one attached hydrogen (secondary N) is 2. The van der Waals surface area contributed by atoms with Crippen LogP contribution in [0.1, 0.15) is 53.5 Å². The van der Waals surface area contributed by atoms with Gasteiger partial charge in [0.05, 0.1) is 5.71 Å². The summed E-state index contributed by atoms with van der Waals surface area (Å²) in [5, 5.41) is 21.5. The molecule has 3 rings (SSSR count). The number of rotatable bonds is 8. The van der Waals surface area contributed by atoms with Gasteiger partial charge >= 0.3 is 0 Å². The van der Waals surface area contributed by atoms with Crippen molar-refractivity contribution in [3.63, 3.8) is 0 Å². The topological polar surface area (TPSA) is 83.7 Å². The van der Waals surface area contributed by atoms with Gasteiger partial charge in [0, 0.05) is 28.1 Å². The smallest absolute Gasteiger partial charge is 0.247 e. The van der Waals surface area contributed by atoms with Gasteiger partial charge in [-0.15, -0.1) is 21.5 Å². The summed E-state index contributed by atoms with van der Waals surface area (Å²) in [4.78, 5) is 12.7. The second-order valence-electron chi connectivity index (χ2n) is 7.83. The molecule has 0 aliphatic rings. The van der Waals surface area contributed by atoms with E-state index in [4.69, 9.17) is 5.41 Å². The summed E-state index contributed by atoms with van der Waals surface area (Å²) in [7, 11) is 0. The Morgan fingerprint density at radius 1 is 1.26 bits per heavy atom. The summed E-state index contributed by atoms with van der Waals surface area (Å²) in [6, 6.07) is 7.32. The monoisotopic (exact) mass is 435 g/mol. The molecule has 3 aromatic rings. The summed E-state index contributed by atoms with van der Waals surface area (Å²) in [5.41, 5.74) is 3.90. The predicted octanol–water partition coefficient (Wildman–Crippen LogP) is 5.38. The molecule has 6 nitrogen and oxygen atoms in total. The highest BCUT2D eigenvalue weighted by molar-refractivity contribution is 7.15. The van der Waals surface area contributed by atoms with Crippen molar-refractivity contribution in [2.45, 2.75) is 47.5 Å². The van der Waals surface area contributed by atoms with Crippen molar-refractivity contribution in [1.29, 1.82) is 5.41 Å². The normalized spacial score (nSPS) is 11.9. The molecule has 2 heterocycles. The van der Waals surface area contributed by atoms with Gasteiger partial charge in [0.15, 0.2) is 0 Å². The van der Waals surface area contributed by atoms with E-state index in [0.29, 0.717) is 17.3 Å². The Morgan fingerprint density at radius 2 is 1.94 bits per heavy atom. The van der Waals surface area contributed by atoms with E-state index in [1.807, 2.05) is 19.1 Å². The van der Waals surface area contributed by atoms with Crippen molar-refractivity contribution < 1.29 is 4.79 Å². The number of aryl methyl sites for hydroxylation is 2. The van der Waals surface area contributed by atoms with E-state index in [-0.39, 0.29) is 5.91 Å². The number of aromatic nitrogens is 3. The molecular weight excluding hydrogens is 406 g/mol. The van der Waals surface area contributed by atoms with Crippen LogP contribution in [0.5, 0.6) is 0 Å². The highest BCUT2D eigenvalue weighted by Gasteiger charge is 2.23.